The Kier molecular flexibility index (Phi) is 6.36. The number of hydrogen-bond donors (Lipinski definition) is 1. The molecule has 2 saturated heterocycles. The second kappa shape index (κ2) is 8.04. The molecule has 2 aliphatic heterocycles. The highest BCUT2D eigenvalue weighted by Gasteiger charge is 2.31. The molecule has 0 saturated carbocycles. The molecule has 1 N–H and O–H groups in total. The van der Waals surface area contributed by atoms with Gasteiger partial charge >= 0.3 is 0 Å². The van der Waals surface area contributed by atoms with Crippen LogP contribution in [0.3, 0.4) is 0 Å². The lowest BCUT2D eigenvalue weighted by molar-refractivity contribution is -0.133. The summed E-state index contributed by atoms with van der Waals surface area (Å²) in [6.07, 6.45) is 2.20. The van der Waals surface area contributed by atoms with Crippen LogP contribution < -0.4 is 10.1 Å². The average Bonchev–Trinajstić information content (AvgIpc) is 2.83. The number of benzene rings is 1. The van der Waals surface area contributed by atoms with Crippen molar-refractivity contribution in [1.82, 2.24) is 10.2 Å². The quantitative estimate of drug-likeness (QED) is 0.916. The van der Waals surface area contributed by atoms with Crippen molar-refractivity contribution in [3.8, 4) is 5.75 Å². The van der Waals surface area contributed by atoms with Crippen molar-refractivity contribution >= 4 is 29.9 Å². The minimum absolute atomic E-state index is 0. The van der Waals surface area contributed by atoms with E-state index in [2.05, 4.69) is 5.32 Å². The van der Waals surface area contributed by atoms with E-state index in [0.29, 0.717) is 10.8 Å². The number of halogens is 2. The van der Waals surface area contributed by atoms with Crippen molar-refractivity contribution in [3.63, 3.8) is 0 Å². The van der Waals surface area contributed by atoms with Crippen LogP contribution >= 0.6 is 24.0 Å². The van der Waals surface area contributed by atoms with Gasteiger partial charge in [0.15, 0.2) is 6.61 Å². The van der Waals surface area contributed by atoms with E-state index in [4.69, 9.17) is 16.3 Å². The van der Waals surface area contributed by atoms with Gasteiger partial charge in [0.25, 0.3) is 5.91 Å². The first-order chi connectivity index (χ1) is 10.2. The number of ether oxygens (including phenoxy) is 1. The van der Waals surface area contributed by atoms with Crippen molar-refractivity contribution in [2.45, 2.75) is 12.8 Å². The first-order valence-corrected chi connectivity index (χ1v) is 7.97. The molecule has 1 amide bonds. The van der Waals surface area contributed by atoms with Crippen molar-refractivity contribution in [2.24, 2.45) is 11.8 Å². The van der Waals surface area contributed by atoms with E-state index in [-0.39, 0.29) is 24.9 Å². The number of rotatable bonds is 3. The maximum Gasteiger partial charge on any atom is 0.260 e. The number of amides is 1. The van der Waals surface area contributed by atoms with Gasteiger partial charge in [0.2, 0.25) is 0 Å². The standard InChI is InChI=1S/C16H21ClN2O2.ClH/c17-14-2-1-3-15(8-14)21-11-16(20)19-6-4-12-9-18-10-13(12)5-7-19;/h1-3,8,12-13,18H,4-7,9-11H2;1H/t12-,13+;. The van der Waals surface area contributed by atoms with Gasteiger partial charge in [0.1, 0.15) is 5.75 Å². The number of likely N-dealkylation sites (tertiary alicyclic amines) is 1. The van der Waals surface area contributed by atoms with Crippen LogP contribution in [-0.4, -0.2) is 43.6 Å². The van der Waals surface area contributed by atoms with Crippen LogP contribution in [0.5, 0.6) is 5.75 Å². The normalized spacial score (nSPS) is 24.1. The van der Waals surface area contributed by atoms with Crippen LogP contribution in [0.2, 0.25) is 5.02 Å². The Morgan fingerprint density at radius 1 is 1.27 bits per heavy atom. The molecular weight excluding hydrogens is 323 g/mol. The van der Waals surface area contributed by atoms with Gasteiger partial charge in [-0.1, -0.05) is 17.7 Å². The van der Waals surface area contributed by atoms with Gasteiger partial charge in [-0.05, 0) is 56.0 Å². The van der Waals surface area contributed by atoms with E-state index in [9.17, 15) is 4.79 Å². The molecule has 0 aliphatic carbocycles. The fourth-order valence-electron chi connectivity index (χ4n) is 3.26. The van der Waals surface area contributed by atoms with E-state index < -0.39 is 0 Å². The lowest BCUT2D eigenvalue weighted by atomic mass is 9.92. The minimum Gasteiger partial charge on any atom is -0.484 e. The van der Waals surface area contributed by atoms with Crippen molar-refractivity contribution in [1.29, 1.82) is 0 Å². The van der Waals surface area contributed by atoms with E-state index in [1.54, 1.807) is 12.1 Å². The molecule has 0 spiro atoms. The molecule has 2 heterocycles. The second-order valence-corrected chi connectivity index (χ2v) is 6.32. The molecule has 2 fully saturated rings. The molecule has 122 valence electrons. The third-order valence-corrected chi connectivity index (χ3v) is 4.77. The number of carbonyl (C=O) groups excluding carboxylic acids is 1. The Labute approximate surface area is 142 Å². The van der Waals surface area contributed by atoms with E-state index in [1.165, 1.54) is 0 Å². The number of carbonyl (C=O) groups is 1. The maximum absolute atomic E-state index is 12.3. The summed E-state index contributed by atoms with van der Waals surface area (Å²) < 4.78 is 5.55. The highest BCUT2D eigenvalue weighted by molar-refractivity contribution is 6.30. The molecule has 1 aromatic carbocycles. The topological polar surface area (TPSA) is 41.6 Å². The number of fused-ring (bicyclic) bond motifs is 1. The first-order valence-electron chi connectivity index (χ1n) is 7.59. The molecule has 0 unspecified atom stereocenters. The van der Waals surface area contributed by atoms with Crippen molar-refractivity contribution < 1.29 is 9.53 Å². The highest BCUT2D eigenvalue weighted by atomic mass is 35.5. The van der Waals surface area contributed by atoms with Gasteiger partial charge in [0, 0.05) is 18.1 Å². The third-order valence-electron chi connectivity index (χ3n) is 4.53. The minimum atomic E-state index is 0. The van der Waals surface area contributed by atoms with Gasteiger partial charge in [-0.15, -0.1) is 12.4 Å². The van der Waals surface area contributed by atoms with E-state index in [1.807, 2.05) is 17.0 Å². The second-order valence-electron chi connectivity index (χ2n) is 5.88. The molecule has 6 heteroatoms. The summed E-state index contributed by atoms with van der Waals surface area (Å²) in [5, 5.41) is 4.07. The van der Waals surface area contributed by atoms with Gasteiger partial charge < -0.3 is 15.0 Å². The van der Waals surface area contributed by atoms with Gasteiger partial charge in [-0.2, -0.15) is 0 Å². The van der Waals surface area contributed by atoms with Crippen LogP contribution in [0.4, 0.5) is 0 Å². The molecule has 1 aromatic rings. The number of hydrogen-bond acceptors (Lipinski definition) is 3. The van der Waals surface area contributed by atoms with Crippen molar-refractivity contribution in [2.75, 3.05) is 32.8 Å². The summed E-state index contributed by atoms with van der Waals surface area (Å²) >= 11 is 5.90. The van der Waals surface area contributed by atoms with Crippen LogP contribution in [0.25, 0.3) is 0 Å². The third kappa shape index (κ3) is 4.28. The van der Waals surface area contributed by atoms with Gasteiger partial charge in [-0.25, -0.2) is 0 Å². The fourth-order valence-corrected chi connectivity index (χ4v) is 3.44. The summed E-state index contributed by atoms with van der Waals surface area (Å²) in [5.74, 6) is 2.18. The van der Waals surface area contributed by atoms with Crippen LogP contribution in [0.1, 0.15) is 12.8 Å². The lowest BCUT2D eigenvalue weighted by Crippen LogP contribution is -2.36. The Morgan fingerprint density at radius 2 is 1.95 bits per heavy atom. The highest BCUT2D eigenvalue weighted by Crippen LogP contribution is 2.27. The molecule has 0 bridgehead atoms. The van der Waals surface area contributed by atoms with Gasteiger partial charge in [0.05, 0.1) is 0 Å². The average molecular weight is 345 g/mol. The first kappa shape index (κ1) is 17.4. The Balaban J connectivity index is 0.00000176. The smallest absolute Gasteiger partial charge is 0.260 e. The Hall–Kier alpha value is -0.970. The van der Waals surface area contributed by atoms with Crippen molar-refractivity contribution in [3.05, 3.63) is 29.3 Å². The molecule has 22 heavy (non-hydrogen) atoms. The zero-order valence-corrected chi connectivity index (χ0v) is 14.0. The van der Waals surface area contributed by atoms with Crippen LogP contribution in [0, 0.1) is 11.8 Å². The van der Waals surface area contributed by atoms with Crippen LogP contribution in [0.15, 0.2) is 24.3 Å². The predicted molar refractivity (Wildman–Crippen MR) is 89.9 cm³/mol. The molecule has 0 aromatic heterocycles. The summed E-state index contributed by atoms with van der Waals surface area (Å²) in [7, 11) is 0. The lowest BCUT2D eigenvalue weighted by Gasteiger charge is -2.21. The number of nitrogens with zero attached hydrogens (tertiary/aromatic N) is 1. The summed E-state index contributed by atoms with van der Waals surface area (Å²) in [6, 6.07) is 7.16. The molecule has 3 rings (SSSR count). The Morgan fingerprint density at radius 3 is 2.59 bits per heavy atom. The summed E-state index contributed by atoms with van der Waals surface area (Å²) in [4.78, 5) is 14.2. The maximum atomic E-state index is 12.3. The predicted octanol–water partition coefficient (Wildman–Crippen LogP) is 2.60. The van der Waals surface area contributed by atoms with Crippen LogP contribution in [-0.2, 0) is 4.79 Å². The summed E-state index contributed by atoms with van der Waals surface area (Å²) in [6.45, 7) is 3.99. The molecule has 2 aliphatic rings. The van der Waals surface area contributed by atoms with E-state index in [0.717, 1.165) is 50.9 Å². The number of nitrogens with one attached hydrogen (secondary N) is 1. The SMILES string of the molecule is Cl.O=C(COc1cccc(Cl)c1)N1CC[C@@H]2CNC[C@@H]2CC1. The molecule has 4 nitrogen and oxygen atoms in total. The zero-order chi connectivity index (χ0) is 14.7. The van der Waals surface area contributed by atoms with Gasteiger partial charge in [-0.3, -0.25) is 4.79 Å². The largest absolute Gasteiger partial charge is 0.484 e. The molecular formula is C16H22Cl2N2O2. The summed E-state index contributed by atoms with van der Waals surface area (Å²) in [5.41, 5.74) is 0. The van der Waals surface area contributed by atoms with E-state index >= 15 is 0 Å². The fraction of sp³-hybridized carbons (Fsp3) is 0.562. The Bertz CT molecular complexity index is 499. The zero-order valence-electron chi connectivity index (χ0n) is 12.5. The monoisotopic (exact) mass is 344 g/mol. The molecule has 2 atom stereocenters. The molecule has 0 radical (unpaired) electrons.